The zero-order valence-electron chi connectivity index (χ0n) is 62.8. The summed E-state index contributed by atoms with van der Waals surface area (Å²) in [5.74, 6) is -7.00. The Balaban J connectivity index is 0.000000250. The number of nitrogens with zero attached hydrogens (tertiary/aromatic N) is 2. The predicted octanol–water partition coefficient (Wildman–Crippen LogP) is 6.79. The average Bonchev–Trinajstić information content (AvgIpc) is 0.921. The maximum Gasteiger partial charge on any atom is 0.409 e. The number of ketones is 1. The maximum atomic E-state index is 14.9. The zero-order valence-corrected chi connectivity index (χ0v) is 63.5. The van der Waals surface area contributed by atoms with Gasteiger partial charge in [0.25, 0.3) is 0 Å². The summed E-state index contributed by atoms with van der Waals surface area (Å²) in [6, 6.07) is 17.3. The van der Waals surface area contributed by atoms with Gasteiger partial charge in [0.1, 0.15) is 76.3 Å². The minimum Gasteiger partial charge on any atom is -0.495 e. The number of halogens is 1. The summed E-state index contributed by atoms with van der Waals surface area (Å²) in [4.78, 5) is 124. The molecule has 4 amide bonds. The van der Waals surface area contributed by atoms with Crippen LogP contribution in [0, 0.1) is 22.7 Å². The molecule has 7 N–H and O–H groups in total. The number of aliphatic hydroxyl groups excluding tert-OH is 3. The first kappa shape index (κ1) is 81.8. The Labute approximate surface area is 620 Å². The fourth-order valence-electron chi connectivity index (χ4n) is 15.8. The number of hydrogen-bond acceptors (Lipinski definition) is 24. The number of alkyl carbamates (subject to hydrolysis) is 2. The van der Waals surface area contributed by atoms with Crippen LogP contribution < -0.4 is 20.3 Å². The van der Waals surface area contributed by atoms with Crippen molar-refractivity contribution in [1.29, 1.82) is 0 Å². The van der Waals surface area contributed by atoms with E-state index in [2.05, 4.69) is 10.6 Å². The van der Waals surface area contributed by atoms with Crippen LogP contribution in [0.25, 0.3) is 0 Å². The number of fused-ring (bicyclic) bond motifs is 10. The number of carbonyl (C=O) groups excluding carboxylic acids is 9. The minimum absolute atomic E-state index is 0.0436. The number of hydrogen-bond donors (Lipinski definition) is 7. The molecule has 3 aromatic carbocycles. The van der Waals surface area contributed by atoms with Gasteiger partial charge in [0.15, 0.2) is 23.2 Å². The molecule has 28 nitrogen and oxygen atoms in total. The molecule has 5 fully saturated rings. The number of carbonyl (C=O) groups is 9. The van der Waals surface area contributed by atoms with Gasteiger partial charge < -0.3 is 88.0 Å². The quantitative estimate of drug-likeness (QED) is 0.0400. The number of likely N-dealkylation sites (N-methyl/N-ethyl adjacent to an activating group) is 1. The molecular formula is C77H99ClN4O24. The van der Waals surface area contributed by atoms with E-state index < -0.39 is 178 Å². The number of allylic oxidation sites excluding steroid dienone is 3. The number of epoxide rings is 1. The van der Waals surface area contributed by atoms with Gasteiger partial charge in [0, 0.05) is 65.6 Å². The molecule has 3 saturated heterocycles. The number of methoxy groups -OCH3 is 2. The Kier molecular flexibility index (Phi) is 24.0. The summed E-state index contributed by atoms with van der Waals surface area (Å²) in [6.07, 6.45) is -10.5. The number of rotatable bonds is 13. The lowest BCUT2D eigenvalue weighted by atomic mass is 9.44. The molecule has 6 bridgehead atoms. The van der Waals surface area contributed by atoms with Crippen molar-refractivity contribution in [1.82, 2.24) is 15.5 Å². The van der Waals surface area contributed by atoms with Crippen LogP contribution in [0.5, 0.6) is 5.75 Å². The summed E-state index contributed by atoms with van der Waals surface area (Å²) < 4.78 is 58.4. The topological polar surface area (TPSA) is 381 Å². The number of amides is 4. The van der Waals surface area contributed by atoms with Crippen molar-refractivity contribution in [2.45, 2.75) is 223 Å². The molecule has 0 spiro atoms. The number of anilines is 1. The normalized spacial score (nSPS) is 33.5. The molecule has 3 aromatic rings. The molecule has 106 heavy (non-hydrogen) atoms. The van der Waals surface area contributed by atoms with Gasteiger partial charge >= 0.3 is 36.1 Å². The SMILES string of the molecule is CC(=O)O[C@@]12CO[C@@H]1C[C@H](O)[C@@]1(C)C(=O)[C@H](O)C3=C(C)[C@@H](OC(=O)[C@H](O)[C@@H](NC(=O)OC(C)(C)C)c4ccccc4)C[C@@](O)([C@@H](OC(=O)c4ccccc4)[C@H]21)C3(C)C.COc1cc2cc(c1Cl)N(C)C(=O)C[C@H](OC(=O)[C@H](C)N(C)C(C)=O)[C@]1(C)O[C@H]1[C@H](C)[C@@H]1C[C@@](O)(NC(=O)O1)[C@H](OC)/C=C/C=C(\C)C2. The third-order valence-electron chi connectivity index (χ3n) is 22.2. The van der Waals surface area contributed by atoms with Crippen molar-refractivity contribution in [3.63, 3.8) is 0 Å². The molecule has 2 saturated carbocycles. The number of aliphatic hydroxyl groups is 5. The fraction of sp³-hybridized carbons (Fsp3) is 0.571. The maximum absolute atomic E-state index is 14.9. The monoisotopic (exact) mass is 1500 g/mol. The molecule has 3 aliphatic carbocycles. The standard InChI is InChI=1S/C43H53NO14.C34H46ClN3O10/c1-22-26(55-37(51)32(48)30(24-15-11-9-12-16-24)44-38(52)58-39(3,4)5)20-43(53)35(56-36(50)25-17-13-10-14-18-25)33-41(8,34(49)31(47)29(22)40(43,6)7)27(46)19-28-42(33,21-54-28)57-23(2)45;1-18-11-10-12-26(45-9)34(43)17-25(46-32(42)36-34)19(2)30-33(5,48-30)27(47-31(41)20(3)37(6)21(4)39)16-28(40)38(7)23-14-22(13-18)15-24(44-8)29(23)35/h9-18,26-28,30-33,35,46-48,53H,19-21H2,1-8H3,(H,44,52);10-12,14-15,19-20,25-27,30,43H,13,16-17H2,1-9H3,(H,36,42)/b;12-10+,18-11+/t26-,27-,28+,30-,31+,32+,33-,35-,41+,42-,43+;19-,20+,25+,26-,27+,30+,33+,34+/m01/s1. The Bertz CT molecular complexity index is 3970. The van der Waals surface area contributed by atoms with E-state index in [9.17, 15) is 68.7 Å². The summed E-state index contributed by atoms with van der Waals surface area (Å²) in [5, 5.41) is 65.9. The smallest absolute Gasteiger partial charge is 0.409 e. The predicted molar refractivity (Wildman–Crippen MR) is 380 cm³/mol. The second-order valence-corrected chi connectivity index (χ2v) is 31.0. The summed E-state index contributed by atoms with van der Waals surface area (Å²) in [7, 11) is 5.97. The Morgan fingerprint density at radius 1 is 0.887 bits per heavy atom. The highest BCUT2D eigenvalue weighted by molar-refractivity contribution is 6.35. The lowest BCUT2D eigenvalue weighted by Gasteiger charge is -2.67. The van der Waals surface area contributed by atoms with E-state index in [1.165, 1.54) is 70.9 Å². The van der Waals surface area contributed by atoms with Crippen LogP contribution >= 0.6 is 11.6 Å². The van der Waals surface area contributed by atoms with Gasteiger partial charge in [-0.15, -0.1) is 0 Å². The highest BCUT2D eigenvalue weighted by atomic mass is 35.5. The van der Waals surface area contributed by atoms with Gasteiger partial charge in [-0.3, -0.25) is 24.5 Å². The lowest BCUT2D eigenvalue weighted by Crippen LogP contribution is -2.81. The molecular weight excluding hydrogens is 1400 g/mol. The third kappa shape index (κ3) is 15.8. The van der Waals surface area contributed by atoms with Crippen molar-refractivity contribution >= 4 is 70.9 Å². The number of esters is 4. The van der Waals surface area contributed by atoms with Crippen LogP contribution in [0.15, 0.2) is 108 Å². The van der Waals surface area contributed by atoms with E-state index in [0.717, 1.165) is 18.1 Å². The molecule has 0 aromatic heterocycles. The molecule has 578 valence electrons. The molecule has 4 aliphatic heterocycles. The zero-order chi connectivity index (χ0) is 78.5. The van der Waals surface area contributed by atoms with E-state index in [1.807, 2.05) is 13.0 Å². The second-order valence-electron chi connectivity index (χ2n) is 30.6. The van der Waals surface area contributed by atoms with E-state index in [1.54, 1.807) is 128 Å². The van der Waals surface area contributed by atoms with Gasteiger partial charge in [-0.25, -0.2) is 24.0 Å². The number of ether oxygens (including phenoxy) is 10. The van der Waals surface area contributed by atoms with Crippen molar-refractivity contribution < 1.29 is 116 Å². The molecule has 10 rings (SSSR count). The molecule has 29 heteroatoms. The summed E-state index contributed by atoms with van der Waals surface area (Å²) >= 11 is 6.71. The number of benzene rings is 3. The first-order valence-electron chi connectivity index (χ1n) is 35.1. The Morgan fingerprint density at radius 2 is 1.53 bits per heavy atom. The highest BCUT2D eigenvalue weighted by Crippen LogP contribution is 2.64. The number of Topliss-reactive ketones (excluding diaryl/α,β-unsaturated/α-hetero) is 1. The van der Waals surface area contributed by atoms with Crippen LogP contribution in [0.4, 0.5) is 15.3 Å². The summed E-state index contributed by atoms with van der Waals surface area (Å²) in [6.45, 7) is 20.1. The first-order valence-corrected chi connectivity index (χ1v) is 35.5. The van der Waals surface area contributed by atoms with E-state index >= 15 is 0 Å². The van der Waals surface area contributed by atoms with E-state index in [-0.39, 0.29) is 53.5 Å². The van der Waals surface area contributed by atoms with Crippen LogP contribution in [0.2, 0.25) is 5.02 Å². The van der Waals surface area contributed by atoms with Crippen molar-refractivity contribution in [3.05, 3.63) is 129 Å². The fourth-order valence-corrected chi connectivity index (χ4v) is 16.1. The molecule has 0 radical (unpaired) electrons. The Morgan fingerprint density at radius 3 is 2.11 bits per heavy atom. The van der Waals surface area contributed by atoms with Crippen molar-refractivity contribution in [2.24, 2.45) is 22.7 Å². The lowest BCUT2D eigenvalue weighted by molar-refractivity contribution is -0.346. The van der Waals surface area contributed by atoms with Gasteiger partial charge in [-0.2, -0.15) is 0 Å². The van der Waals surface area contributed by atoms with Crippen LogP contribution in [0.1, 0.15) is 143 Å². The summed E-state index contributed by atoms with van der Waals surface area (Å²) in [5.41, 5.74) is -9.01. The van der Waals surface area contributed by atoms with Gasteiger partial charge in [0.05, 0.1) is 61.0 Å². The third-order valence-corrected chi connectivity index (χ3v) is 22.6. The van der Waals surface area contributed by atoms with Crippen molar-refractivity contribution in [3.8, 4) is 5.75 Å². The first-order chi connectivity index (χ1) is 49.4. The van der Waals surface area contributed by atoms with Crippen LogP contribution in [0.3, 0.4) is 0 Å². The van der Waals surface area contributed by atoms with Crippen LogP contribution in [-0.2, 0) is 77.8 Å². The van der Waals surface area contributed by atoms with Gasteiger partial charge in [-0.1, -0.05) is 105 Å². The molecule has 4 heterocycles. The largest absolute Gasteiger partial charge is 0.495 e. The minimum atomic E-state index is -2.35. The molecule has 7 aliphatic rings. The van der Waals surface area contributed by atoms with E-state index in [4.69, 9.17) is 59.0 Å². The number of nitrogens with one attached hydrogen (secondary N) is 2. The van der Waals surface area contributed by atoms with E-state index in [0.29, 0.717) is 23.4 Å². The second kappa shape index (κ2) is 31.1. The molecule has 19 atom stereocenters. The van der Waals surface area contributed by atoms with Crippen molar-refractivity contribution in [2.75, 3.05) is 39.8 Å². The van der Waals surface area contributed by atoms with Gasteiger partial charge in [0.2, 0.25) is 11.8 Å². The molecule has 0 unspecified atom stereocenters. The average molecular weight is 1500 g/mol. The van der Waals surface area contributed by atoms with Gasteiger partial charge in [-0.05, 0) is 108 Å². The Hall–Kier alpha value is -8.32. The van der Waals surface area contributed by atoms with Crippen LogP contribution in [-0.4, -0.2) is 214 Å². The highest BCUT2D eigenvalue weighted by Gasteiger charge is 2.78.